The average molecular weight is 296 g/mol. The molecule has 0 heterocycles. The normalized spacial score (nSPS) is 14.7. The standard InChI is InChI=1S/C13H19F2NO2.ClH/c1-13(2,3)11(17)10(16)8-5-4-6-9(7-8)18-12(14)15;/h4-7,10-12,17H,16H2,1-3H3;1H/t10-,11-;/m1./s1. The molecule has 0 radical (unpaired) electrons. The minimum absolute atomic E-state index is 0. The van der Waals surface area contributed by atoms with E-state index in [-0.39, 0.29) is 23.6 Å². The van der Waals surface area contributed by atoms with Gasteiger partial charge < -0.3 is 15.6 Å². The zero-order chi connectivity index (χ0) is 13.9. The Morgan fingerprint density at radius 1 is 1.26 bits per heavy atom. The summed E-state index contributed by atoms with van der Waals surface area (Å²) in [4.78, 5) is 0. The van der Waals surface area contributed by atoms with Gasteiger partial charge in [0.2, 0.25) is 0 Å². The van der Waals surface area contributed by atoms with Crippen LogP contribution in [0.15, 0.2) is 24.3 Å². The van der Waals surface area contributed by atoms with Crippen LogP contribution in [0.2, 0.25) is 0 Å². The number of benzene rings is 1. The van der Waals surface area contributed by atoms with E-state index in [9.17, 15) is 13.9 Å². The van der Waals surface area contributed by atoms with Crippen molar-refractivity contribution in [3.63, 3.8) is 0 Å². The lowest BCUT2D eigenvalue weighted by atomic mass is 9.82. The van der Waals surface area contributed by atoms with Crippen molar-refractivity contribution in [1.82, 2.24) is 0 Å². The Hall–Kier alpha value is -0.910. The summed E-state index contributed by atoms with van der Waals surface area (Å²) in [6.45, 7) is 2.70. The van der Waals surface area contributed by atoms with Crippen LogP contribution in [-0.4, -0.2) is 17.8 Å². The van der Waals surface area contributed by atoms with Gasteiger partial charge in [0.15, 0.2) is 0 Å². The van der Waals surface area contributed by atoms with Gasteiger partial charge in [-0.15, -0.1) is 12.4 Å². The minimum atomic E-state index is -2.87. The van der Waals surface area contributed by atoms with Crippen LogP contribution in [0.3, 0.4) is 0 Å². The maximum absolute atomic E-state index is 12.1. The van der Waals surface area contributed by atoms with Crippen molar-refractivity contribution in [3.8, 4) is 5.75 Å². The Labute approximate surface area is 118 Å². The van der Waals surface area contributed by atoms with Crippen LogP contribution in [-0.2, 0) is 0 Å². The second kappa shape index (κ2) is 7.03. The monoisotopic (exact) mass is 295 g/mol. The maximum atomic E-state index is 12.1. The van der Waals surface area contributed by atoms with Crippen LogP contribution in [0.1, 0.15) is 32.4 Å². The summed E-state index contributed by atoms with van der Waals surface area (Å²) < 4.78 is 28.5. The summed E-state index contributed by atoms with van der Waals surface area (Å²) in [6.07, 6.45) is -0.778. The Bertz CT molecular complexity index is 396. The first-order valence-corrected chi connectivity index (χ1v) is 5.70. The van der Waals surface area contributed by atoms with E-state index in [2.05, 4.69) is 4.74 Å². The first kappa shape index (κ1) is 18.1. The number of aliphatic hydroxyl groups is 1. The summed E-state index contributed by atoms with van der Waals surface area (Å²) >= 11 is 0. The van der Waals surface area contributed by atoms with E-state index < -0.39 is 18.8 Å². The third kappa shape index (κ3) is 5.30. The lowest BCUT2D eigenvalue weighted by Crippen LogP contribution is -2.36. The van der Waals surface area contributed by atoms with Crippen molar-refractivity contribution in [1.29, 1.82) is 0 Å². The summed E-state index contributed by atoms with van der Waals surface area (Å²) in [7, 11) is 0. The van der Waals surface area contributed by atoms with Crippen molar-refractivity contribution in [2.75, 3.05) is 0 Å². The van der Waals surface area contributed by atoms with Gasteiger partial charge in [0.1, 0.15) is 5.75 Å². The highest BCUT2D eigenvalue weighted by atomic mass is 35.5. The smallest absolute Gasteiger partial charge is 0.387 e. The molecule has 0 aromatic heterocycles. The van der Waals surface area contributed by atoms with Gasteiger partial charge in [-0.05, 0) is 23.1 Å². The third-order valence-electron chi connectivity index (χ3n) is 2.70. The van der Waals surface area contributed by atoms with Gasteiger partial charge in [0, 0.05) is 0 Å². The molecular formula is C13H20ClF2NO2. The lowest BCUT2D eigenvalue weighted by Gasteiger charge is -2.31. The molecule has 0 amide bonds. The van der Waals surface area contributed by atoms with Crippen molar-refractivity contribution in [2.45, 2.75) is 39.5 Å². The summed E-state index contributed by atoms with van der Waals surface area (Å²) in [5.74, 6) is 0.0408. The summed E-state index contributed by atoms with van der Waals surface area (Å²) in [5.41, 5.74) is 6.11. The Morgan fingerprint density at radius 2 is 1.84 bits per heavy atom. The predicted molar refractivity (Wildman–Crippen MR) is 72.7 cm³/mol. The number of rotatable bonds is 4. The molecule has 6 heteroatoms. The predicted octanol–water partition coefficient (Wildman–Crippen LogP) is 3.12. The van der Waals surface area contributed by atoms with E-state index in [4.69, 9.17) is 5.73 Å². The number of halogens is 3. The fourth-order valence-corrected chi connectivity index (χ4v) is 1.62. The summed E-state index contributed by atoms with van der Waals surface area (Å²) in [5, 5.41) is 10.1. The maximum Gasteiger partial charge on any atom is 0.387 e. The van der Waals surface area contributed by atoms with E-state index in [1.54, 1.807) is 12.1 Å². The van der Waals surface area contributed by atoms with Gasteiger partial charge in [-0.25, -0.2) is 0 Å². The molecule has 0 unspecified atom stereocenters. The number of ether oxygens (including phenoxy) is 1. The van der Waals surface area contributed by atoms with Crippen LogP contribution in [0.25, 0.3) is 0 Å². The van der Waals surface area contributed by atoms with E-state index in [1.165, 1.54) is 12.1 Å². The van der Waals surface area contributed by atoms with E-state index in [1.807, 2.05) is 20.8 Å². The molecule has 3 N–H and O–H groups in total. The molecule has 1 aromatic rings. The number of hydrogen-bond donors (Lipinski definition) is 2. The third-order valence-corrected chi connectivity index (χ3v) is 2.70. The molecule has 1 rings (SSSR count). The quantitative estimate of drug-likeness (QED) is 0.897. The zero-order valence-electron chi connectivity index (χ0n) is 11.1. The number of aliphatic hydroxyl groups excluding tert-OH is 1. The Morgan fingerprint density at radius 3 is 2.32 bits per heavy atom. The molecule has 0 saturated carbocycles. The molecule has 0 saturated heterocycles. The molecule has 0 fully saturated rings. The molecule has 0 spiro atoms. The van der Waals surface area contributed by atoms with Crippen molar-refractivity contribution >= 4 is 12.4 Å². The van der Waals surface area contributed by atoms with Crippen LogP contribution >= 0.6 is 12.4 Å². The molecule has 0 aliphatic heterocycles. The summed E-state index contributed by atoms with van der Waals surface area (Å²) in [6, 6.07) is 5.45. The van der Waals surface area contributed by atoms with Crippen LogP contribution in [0.5, 0.6) is 5.75 Å². The van der Waals surface area contributed by atoms with Gasteiger partial charge >= 0.3 is 6.61 Å². The topological polar surface area (TPSA) is 55.5 Å². The van der Waals surface area contributed by atoms with Crippen LogP contribution in [0.4, 0.5) is 8.78 Å². The van der Waals surface area contributed by atoms with E-state index in [0.29, 0.717) is 5.56 Å². The first-order chi connectivity index (χ1) is 8.21. The highest BCUT2D eigenvalue weighted by Crippen LogP contribution is 2.30. The number of alkyl halides is 2. The van der Waals surface area contributed by atoms with Crippen molar-refractivity contribution in [2.24, 2.45) is 11.1 Å². The fraction of sp³-hybridized carbons (Fsp3) is 0.538. The second-order valence-corrected chi connectivity index (χ2v) is 5.29. The molecular weight excluding hydrogens is 276 g/mol. The Balaban J connectivity index is 0.00000324. The van der Waals surface area contributed by atoms with Gasteiger partial charge in [-0.1, -0.05) is 32.9 Å². The van der Waals surface area contributed by atoms with Crippen molar-refractivity contribution < 1.29 is 18.6 Å². The van der Waals surface area contributed by atoms with Crippen LogP contribution in [0, 0.1) is 5.41 Å². The molecule has 0 aliphatic carbocycles. The van der Waals surface area contributed by atoms with Gasteiger partial charge in [-0.2, -0.15) is 8.78 Å². The van der Waals surface area contributed by atoms with Gasteiger partial charge in [0.25, 0.3) is 0 Å². The number of nitrogens with two attached hydrogens (primary N) is 1. The van der Waals surface area contributed by atoms with Gasteiger partial charge in [0.05, 0.1) is 12.1 Å². The molecule has 2 atom stereocenters. The molecule has 3 nitrogen and oxygen atoms in total. The Kier molecular flexibility index (Phi) is 6.69. The lowest BCUT2D eigenvalue weighted by molar-refractivity contribution is -0.0499. The van der Waals surface area contributed by atoms with E-state index in [0.717, 1.165) is 0 Å². The minimum Gasteiger partial charge on any atom is -0.435 e. The van der Waals surface area contributed by atoms with E-state index >= 15 is 0 Å². The highest BCUT2D eigenvalue weighted by Gasteiger charge is 2.29. The molecule has 0 aliphatic rings. The molecule has 1 aromatic carbocycles. The largest absolute Gasteiger partial charge is 0.435 e. The number of hydrogen-bond acceptors (Lipinski definition) is 3. The average Bonchev–Trinajstić information content (AvgIpc) is 2.25. The second-order valence-electron chi connectivity index (χ2n) is 5.29. The molecule has 19 heavy (non-hydrogen) atoms. The fourth-order valence-electron chi connectivity index (χ4n) is 1.62. The molecule has 110 valence electrons. The zero-order valence-corrected chi connectivity index (χ0v) is 12.0. The highest BCUT2D eigenvalue weighted by molar-refractivity contribution is 5.85. The SMILES string of the molecule is CC(C)(C)[C@H](O)[C@H](N)c1cccc(OC(F)F)c1.Cl. The first-order valence-electron chi connectivity index (χ1n) is 5.70. The van der Waals surface area contributed by atoms with Crippen molar-refractivity contribution in [3.05, 3.63) is 29.8 Å². The molecule has 0 bridgehead atoms. The van der Waals surface area contributed by atoms with Gasteiger partial charge in [-0.3, -0.25) is 0 Å². The van der Waals surface area contributed by atoms with Crippen LogP contribution < -0.4 is 10.5 Å².